The van der Waals surface area contributed by atoms with Crippen LogP contribution < -0.4 is 10.6 Å². The van der Waals surface area contributed by atoms with Gasteiger partial charge in [-0.1, -0.05) is 26.7 Å². The highest BCUT2D eigenvalue weighted by atomic mass is 16.5. The van der Waals surface area contributed by atoms with Gasteiger partial charge >= 0.3 is 0 Å². The van der Waals surface area contributed by atoms with E-state index in [1.54, 1.807) is 4.90 Å². The topological polar surface area (TPSA) is 86.2 Å². The van der Waals surface area contributed by atoms with Crippen LogP contribution in [-0.2, 0) is 9.53 Å². The number of nitrogens with one attached hydrogen (secondary N) is 2. The number of carbonyl (C=O) groups is 1. The molecule has 0 aromatic rings. The van der Waals surface area contributed by atoms with E-state index in [4.69, 9.17) is 4.74 Å². The maximum Gasteiger partial charge on any atom is 0.230 e. The van der Waals surface area contributed by atoms with Crippen molar-refractivity contribution in [3.63, 3.8) is 0 Å². The van der Waals surface area contributed by atoms with Gasteiger partial charge in [-0.15, -0.1) is 0 Å². The first-order valence-corrected chi connectivity index (χ1v) is 9.80. The van der Waals surface area contributed by atoms with Gasteiger partial charge in [0.1, 0.15) is 0 Å². The lowest BCUT2D eigenvalue weighted by Crippen LogP contribution is -2.45. The van der Waals surface area contributed by atoms with Crippen LogP contribution in [-0.4, -0.2) is 74.9 Å². The third-order valence-electron chi connectivity index (χ3n) is 4.57. The van der Waals surface area contributed by atoms with Crippen LogP contribution in [0.2, 0.25) is 0 Å². The Hall–Kier alpha value is -1.34. The fraction of sp³-hybridized carbons (Fsp3) is 0.895. The molecular formula is C19H38N4O3. The third kappa shape index (κ3) is 7.50. The van der Waals surface area contributed by atoms with Gasteiger partial charge in [0, 0.05) is 33.8 Å². The number of carbonyl (C=O) groups excluding carboxylic acids is 1. The normalized spacial score (nSPS) is 18.0. The molecule has 152 valence electrons. The van der Waals surface area contributed by atoms with Crippen molar-refractivity contribution >= 4 is 11.9 Å². The second-order valence-electron chi connectivity index (χ2n) is 7.85. The van der Waals surface area contributed by atoms with Gasteiger partial charge in [0.05, 0.1) is 24.7 Å². The molecule has 0 bridgehead atoms. The Morgan fingerprint density at radius 3 is 2.42 bits per heavy atom. The zero-order chi connectivity index (χ0) is 19.6. The lowest BCUT2D eigenvalue weighted by Gasteiger charge is -2.29. The van der Waals surface area contributed by atoms with Crippen molar-refractivity contribution in [3.8, 4) is 0 Å². The number of aliphatic hydroxyl groups excluding tert-OH is 1. The van der Waals surface area contributed by atoms with Crippen LogP contribution in [0.5, 0.6) is 0 Å². The van der Waals surface area contributed by atoms with Gasteiger partial charge < -0.3 is 25.4 Å². The summed E-state index contributed by atoms with van der Waals surface area (Å²) in [5.41, 5.74) is -0.384. The first kappa shape index (κ1) is 22.7. The number of aliphatic hydroxyl groups is 1. The van der Waals surface area contributed by atoms with Gasteiger partial charge in [0.15, 0.2) is 5.96 Å². The molecule has 0 aliphatic heterocycles. The van der Waals surface area contributed by atoms with E-state index in [-0.39, 0.29) is 11.3 Å². The molecule has 3 N–H and O–H groups in total. The molecule has 1 unspecified atom stereocenters. The molecule has 0 saturated heterocycles. The fourth-order valence-corrected chi connectivity index (χ4v) is 3.25. The zero-order valence-corrected chi connectivity index (χ0v) is 17.2. The lowest BCUT2D eigenvalue weighted by molar-refractivity contribution is -0.138. The molecular weight excluding hydrogens is 332 g/mol. The second-order valence-corrected chi connectivity index (χ2v) is 7.85. The SMILES string of the molecule is CCNC(=NCC1(C(=O)N(C)C)CCCC1)NCC(O)COCC(C)C. The van der Waals surface area contributed by atoms with Crippen LogP contribution in [0.4, 0.5) is 0 Å². The van der Waals surface area contributed by atoms with Crippen LogP contribution in [0, 0.1) is 11.3 Å². The monoisotopic (exact) mass is 370 g/mol. The summed E-state index contributed by atoms with van der Waals surface area (Å²) in [4.78, 5) is 19.0. The molecule has 0 aromatic carbocycles. The highest BCUT2D eigenvalue weighted by Crippen LogP contribution is 2.39. The van der Waals surface area contributed by atoms with E-state index in [0.29, 0.717) is 38.2 Å². The minimum absolute atomic E-state index is 0.164. The molecule has 26 heavy (non-hydrogen) atoms. The Morgan fingerprint density at radius 1 is 1.23 bits per heavy atom. The van der Waals surface area contributed by atoms with E-state index in [9.17, 15) is 9.90 Å². The van der Waals surface area contributed by atoms with Crippen LogP contribution in [0.3, 0.4) is 0 Å². The highest BCUT2D eigenvalue weighted by Gasteiger charge is 2.42. The fourth-order valence-electron chi connectivity index (χ4n) is 3.25. The molecule has 1 rings (SSSR count). The minimum Gasteiger partial charge on any atom is -0.389 e. The van der Waals surface area contributed by atoms with E-state index in [1.807, 2.05) is 21.0 Å². The highest BCUT2D eigenvalue weighted by molar-refractivity contribution is 5.84. The third-order valence-corrected chi connectivity index (χ3v) is 4.57. The molecule has 1 aliphatic rings. The molecule has 1 atom stereocenters. The number of hydrogen-bond acceptors (Lipinski definition) is 4. The maximum absolute atomic E-state index is 12.6. The number of ether oxygens (including phenoxy) is 1. The van der Waals surface area contributed by atoms with Crippen LogP contribution in [0.1, 0.15) is 46.5 Å². The molecule has 0 radical (unpaired) electrons. The first-order chi connectivity index (χ1) is 12.3. The number of aliphatic imine (C=N–C) groups is 1. The predicted octanol–water partition coefficient (Wildman–Crippen LogP) is 1.22. The number of amides is 1. The predicted molar refractivity (Wildman–Crippen MR) is 105 cm³/mol. The summed E-state index contributed by atoms with van der Waals surface area (Å²) in [7, 11) is 3.62. The Balaban J connectivity index is 2.60. The molecule has 1 fully saturated rings. The lowest BCUT2D eigenvalue weighted by atomic mass is 9.85. The summed E-state index contributed by atoms with van der Waals surface area (Å²) in [6, 6.07) is 0. The van der Waals surface area contributed by atoms with Gasteiger partial charge in [-0.05, 0) is 25.7 Å². The van der Waals surface area contributed by atoms with Crippen molar-refractivity contribution in [2.45, 2.75) is 52.6 Å². The number of rotatable bonds is 10. The Morgan fingerprint density at radius 2 is 1.88 bits per heavy atom. The van der Waals surface area contributed by atoms with Gasteiger partial charge in [0.25, 0.3) is 0 Å². The molecule has 7 heteroatoms. The molecule has 0 aromatic heterocycles. The number of guanidine groups is 1. The van der Waals surface area contributed by atoms with Gasteiger partial charge in [-0.25, -0.2) is 0 Å². The largest absolute Gasteiger partial charge is 0.389 e. The van der Waals surface area contributed by atoms with Crippen LogP contribution in [0.25, 0.3) is 0 Å². The van der Waals surface area contributed by atoms with Crippen LogP contribution in [0.15, 0.2) is 4.99 Å². The summed E-state index contributed by atoms with van der Waals surface area (Å²) < 4.78 is 5.46. The Labute approximate surface area is 158 Å². The molecule has 1 saturated carbocycles. The standard InChI is InChI=1S/C19H38N4O3/c1-6-20-18(21-11-16(24)13-26-12-15(2)3)22-14-19(9-7-8-10-19)17(25)23(4)5/h15-16,24H,6-14H2,1-5H3,(H2,20,21,22). The smallest absolute Gasteiger partial charge is 0.230 e. The maximum atomic E-state index is 12.6. The minimum atomic E-state index is -0.596. The van der Waals surface area contributed by atoms with E-state index in [0.717, 1.165) is 32.2 Å². The van der Waals surface area contributed by atoms with Crippen molar-refractivity contribution < 1.29 is 14.6 Å². The molecule has 1 aliphatic carbocycles. The summed E-state index contributed by atoms with van der Waals surface area (Å²) in [5, 5.41) is 16.4. The van der Waals surface area contributed by atoms with E-state index in [2.05, 4.69) is 29.5 Å². The average molecular weight is 371 g/mol. The van der Waals surface area contributed by atoms with E-state index in [1.165, 1.54) is 0 Å². The first-order valence-electron chi connectivity index (χ1n) is 9.80. The number of nitrogens with zero attached hydrogens (tertiary/aromatic N) is 2. The zero-order valence-electron chi connectivity index (χ0n) is 17.2. The van der Waals surface area contributed by atoms with Crippen molar-refractivity contribution in [1.29, 1.82) is 0 Å². The molecule has 0 heterocycles. The average Bonchev–Trinajstić information content (AvgIpc) is 3.06. The number of hydrogen-bond donors (Lipinski definition) is 3. The van der Waals surface area contributed by atoms with Gasteiger partial charge in [-0.2, -0.15) is 0 Å². The molecule has 0 spiro atoms. The summed E-state index contributed by atoms with van der Waals surface area (Å²) in [5.74, 6) is 1.25. The summed E-state index contributed by atoms with van der Waals surface area (Å²) in [6.45, 7) is 8.64. The van der Waals surface area contributed by atoms with Gasteiger partial charge in [0.2, 0.25) is 5.91 Å². The Bertz CT molecular complexity index is 446. The van der Waals surface area contributed by atoms with E-state index >= 15 is 0 Å². The van der Waals surface area contributed by atoms with Crippen molar-refractivity contribution in [2.24, 2.45) is 16.3 Å². The van der Waals surface area contributed by atoms with Crippen molar-refractivity contribution in [2.75, 3.05) is 46.9 Å². The summed E-state index contributed by atoms with van der Waals surface area (Å²) in [6.07, 6.45) is 3.33. The molecule has 7 nitrogen and oxygen atoms in total. The van der Waals surface area contributed by atoms with Crippen molar-refractivity contribution in [3.05, 3.63) is 0 Å². The Kier molecular flexibility index (Phi) is 9.94. The summed E-state index contributed by atoms with van der Waals surface area (Å²) >= 11 is 0. The van der Waals surface area contributed by atoms with E-state index < -0.39 is 6.10 Å². The van der Waals surface area contributed by atoms with Gasteiger partial charge in [-0.3, -0.25) is 9.79 Å². The van der Waals surface area contributed by atoms with Crippen molar-refractivity contribution in [1.82, 2.24) is 15.5 Å². The van der Waals surface area contributed by atoms with Crippen LogP contribution >= 0.6 is 0 Å². The quantitative estimate of drug-likeness (QED) is 0.398. The molecule has 1 amide bonds. The second kappa shape index (κ2) is 11.4.